The number of methoxy groups -OCH3 is 1. The maximum absolute atomic E-state index is 14.6. The number of thioether (sulfide) groups is 1. The summed E-state index contributed by atoms with van der Waals surface area (Å²) in [5.41, 5.74) is 2.26. The molecule has 1 aliphatic rings. The number of benzene rings is 3. The van der Waals surface area contributed by atoms with Gasteiger partial charge in [0.25, 0.3) is 0 Å². The lowest BCUT2D eigenvalue weighted by molar-refractivity contribution is -0.131. The van der Waals surface area contributed by atoms with E-state index in [4.69, 9.17) is 14.6 Å². The van der Waals surface area contributed by atoms with Crippen molar-refractivity contribution in [2.24, 2.45) is 0 Å². The van der Waals surface area contributed by atoms with Crippen LogP contribution < -0.4 is 9.47 Å². The summed E-state index contributed by atoms with van der Waals surface area (Å²) in [6, 6.07) is 16.6. The first-order valence-corrected chi connectivity index (χ1v) is 16.4. The number of unbranched alkanes of at least 4 members (excludes halogenated alkanes) is 1. The van der Waals surface area contributed by atoms with Crippen molar-refractivity contribution in [2.75, 3.05) is 12.9 Å². The molecule has 7 nitrogen and oxygen atoms in total. The molecule has 4 rings (SSSR count). The quantitative estimate of drug-likeness (QED) is 0.131. The zero-order chi connectivity index (χ0) is 30.3. The number of hydrogen-bond donors (Lipinski definition) is 1. The molecular weight excluding hydrogens is 577 g/mol. The van der Waals surface area contributed by atoms with Crippen molar-refractivity contribution < 1.29 is 32.2 Å². The normalized spacial score (nSPS) is 18.4. The lowest BCUT2D eigenvalue weighted by Crippen LogP contribution is -2.39. The van der Waals surface area contributed by atoms with Crippen molar-refractivity contribution in [3.63, 3.8) is 0 Å². The van der Waals surface area contributed by atoms with Gasteiger partial charge in [0.05, 0.1) is 29.2 Å². The Kier molecular flexibility index (Phi) is 10.7. The van der Waals surface area contributed by atoms with Gasteiger partial charge in [-0.15, -0.1) is 11.8 Å². The summed E-state index contributed by atoms with van der Waals surface area (Å²) >= 11 is 1.48. The summed E-state index contributed by atoms with van der Waals surface area (Å²) in [6.45, 7) is 4.21. The molecular formula is C32H36FNO6S2. The number of ether oxygens (including phenoxy) is 2. The molecule has 2 atom stereocenters. The van der Waals surface area contributed by atoms with Gasteiger partial charge >= 0.3 is 5.97 Å². The average Bonchev–Trinajstić information content (AvgIpc) is 3.05. The van der Waals surface area contributed by atoms with E-state index in [2.05, 4.69) is 6.92 Å². The Morgan fingerprint density at radius 2 is 1.83 bits per heavy atom. The number of fused-ring (bicyclic) bond motifs is 1. The number of rotatable bonds is 12. The number of halogens is 1. The third kappa shape index (κ3) is 7.35. The van der Waals surface area contributed by atoms with Crippen LogP contribution in [0.1, 0.15) is 62.1 Å². The molecule has 0 aromatic heterocycles. The van der Waals surface area contributed by atoms with Gasteiger partial charge in [-0.05, 0) is 65.6 Å². The number of carbonyl (C=O) groups is 1. The van der Waals surface area contributed by atoms with Crippen molar-refractivity contribution in [1.29, 1.82) is 0 Å². The van der Waals surface area contributed by atoms with Crippen LogP contribution in [0.4, 0.5) is 4.39 Å². The summed E-state index contributed by atoms with van der Waals surface area (Å²) in [6.07, 6.45) is 4.84. The maximum Gasteiger partial charge on any atom is 0.331 e. The number of carboxylic acid groups (broad SMARTS) is 1. The minimum atomic E-state index is -4.06. The predicted molar refractivity (Wildman–Crippen MR) is 162 cm³/mol. The Labute approximate surface area is 251 Å². The molecule has 42 heavy (non-hydrogen) atoms. The number of aliphatic carboxylic acids is 1. The molecule has 10 heteroatoms. The third-order valence-corrected chi connectivity index (χ3v) is 10.2. The molecule has 0 saturated carbocycles. The van der Waals surface area contributed by atoms with E-state index in [0.717, 1.165) is 36.3 Å². The highest BCUT2D eigenvalue weighted by Gasteiger charge is 2.40. The third-order valence-electron chi connectivity index (χ3n) is 7.32. The molecule has 3 aromatic rings. The minimum absolute atomic E-state index is 0.100. The van der Waals surface area contributed by atoms with Crippen molar-refractivity contribution in [3.05, 3.63) is 95.5 Å². The van der Waals surface area contributed by atoms with E-state index < -0.39 is 16.0 Å². The summed E-state index contributed by atoms with van der Waals surface area (Å²) in [5.74, 6) is -0.232. The van der Waals surface area contributed by atoms with Gasteiger partial charge in [0.2, 0.25) is 10.0 Å². The van der Waals surface area contributed by atoms with Gasteiger partial charge in [-0.3, -0.25) is 0 Å². The second-order valence-electron chi connectivity index (χ2n) is 10.1. The molecule has 0 aliphatic carbocycles. The van der Waals surface area contributed by atoms with E-state index in [1.54, 1.807) is 23.5 Å². The summed E-state index contributed by atoms with van der Waals surface area (Å²) < 4.78 is 55.8. The van der Waals surface area contributed by atoms with Crippen LogP contribution in [0, 0.1) is 5.82 Å². The Balaban J connectivity index is 1.93. The first kappa shape index (κ1) is 31.6. The number of carboxylic acids is 1. The van der Waals surface area contributed by atoms with Gasteiger partial charge in [-0.25, -0.2) is 17.6 Å². The second kappa shape index (κ2) is 14.2. The van der Waals surface area contributed by atoms with Gasteiger partial charge in [0, 0.05) is 24.6 Å². The molecule has 2 unspecified atom stereocenters. The Bertz CT molecular complexity index is 1510. The summed E-state index contributed by atoms with van der Waals surface area (Å²) in [4.78, 5) is 11.9. The number of hydrogen-bond acceptors (Lipinski definition) is 6. The number of sulfonamides is 1. The lowest BCUT2D eigenvalue weighted by Gasteiger charge is -2.30. The van der Waals surface area contributed by atoms with Crippen LogP contribution in [-0.4, -0.2) is 42.7 Å². The van der Waals surface area contributed by atoms with Crippen LogP contribution in [0.3, 0.4) is 0 Å². The zero-order valence-corrected chi connectivity index (χ0v) is 25.6. The molecule has 0 amide bonds. The molecule has 0 spiro atoms. The standard InChI is InChI=1S/C32H36FNO6S2/c1-4-6-7-25-18-27(23-10-12-24(33)13-11-23)28-19-30(41-5-2)29(40-17-16-32(35)36)20-31(28)42(37,38)34(25)21-22-8-14-26(39-3)15-9-22/h8-17,19-20,25,27H,4-7,18,21H2,1-3H3,(H,35,36)/b17-16+. The average molecular weight is 614 g/mol. The van der Waals surface area contributed by atoms with Crippen LogP contribution in [0.5, 0.6) is 11.5 Å². The number of nitrogens with zero attached hydrogens (tertiary/aromatic N) is 1. The van der Waals surface area contributed by atoms with Crippen molar-refractivity contribution in [1.82, 2.24) is 4.31 Å². The summed E-state index contributed by atoms with van der Waals surface area (Å²) in [5, 5.41) is 9.06. The molecule has 0 saturated heterocycles. The first-order chi connectivity index (χ1) is 20.2. The maximum atomic E-state index is 14.6. The monoisotopic (exact) mass is 613 g/mol. The highest BCUT2D eigenvalue weighted by molar-refractivity contribution is 7.99. The van der Waals surface area contributed by atoms with E-state index in [1.165, 1.54) is 30.0 Å². The van der Waals surface area contributed by atoms with Crippen molar-refractivity contribution in [2.45, 2.75) is 67.8 Å². The Morgan fingerprint density at radius 3 is 2.45 bits per heavy atom. The molecule has 224 valence electrons. The van der Waals surface area contributed by atoms with Crippen molar-refractivity contribution >= 4 is 27.8 Å². The van der Waals surface area contributed by atoms with E-state index in [0.29, 0.717) is 34.8 Å². The van der Waals surface area contributed by atoms with E-state index >= 15 is 0 Å². The molecule has 3 aromatic carbocycles. The van der Waals surface area contributed by atoms with Crippen LogP contribution in [0.25, 0.3) is 0 Å². The smallest absolute Gasteiger partial charge is 0.331 e. The fourth-order valence-corrected chi connectivity index (χ4v) is 7.94. The fourth-order valence-electron chi connectivity index (χ4n) is 5.26. The highest BCUT2D eigenvalue weighted by Crippen LogP contribution is 2.46. The van der Waals surface area contributed by atoms with E-state index in [-0.39, 0.29) is 35.0 Å². The van der Waals surface area contributed by atoms with Crippen LogP contribution in [-0.2, 0) is 21.4 Å². The Morgan fingerprint density at radius 1 is 1.12 bits per heavy atom. The predicted octanol–water partition coefficient (Wildman–Crippen LogP) is 7.21. The Hall–Kier alpha value is -3.34. The largest absolute Gasteiger partial charge is 0.497 e. The highest BCUT2D eigenvalue weighted by atomic mass is 32.2. The zero-order valence-electron chi connectivity index (χ0n) is 24.0. The molecule has 0 radical (unpaired) electrons. The summed E-state index contributed by atoms with van der Waals surface area (Å²) in [7, 11) is -2.48. The molecule has 0 bridgehead atoms. The topological polar surface area (TPSA) is 93.1 Å². The fraction of sp³-hybridized carbons (Fsp3) is 0.344. The molecule has 1 aliphatic heterocycles. The van der Waals surface area contributed by atoms with Gasteiger partial charge in [-0.2, -0.15) is 4.31 Å². The van der Waals surface area contributed by atoms with E-state index in [1.807, 2.05) is 37.3 Å². The van der Waals surface area contributed by atoms with Gasteiger partial charge < -0.3 is 14.6 Å². The lowest BCUT2D eigenvalue weighted by atomic mass is 9.84. The molecule has 1 heterocycles. The van der Waals surface area contributed by atoms with Crippen LogP contribution >= 0.6 is 11.8 Å². The van der Waals surface area contributed by atoms with Crippen molar-refractivity contribution in [3.8, 4) is 11.5 Å². The van der Waals surface area contributed by atoms with Crippen LogP contribution in [0.15, 0.2) is 82.8 Å². The van der Waals surface area contributed by atoms with Gasteiger partial charge in [0.1, 0.15) is 17.3 Å². The van der Waals surface area contributed by atoms with Crippen LogP contribution in [0.2, 0.25) is 0 Å². The minimum Gasteiger partial charge on any atom is -0.497 e. The second-order valence-corrected chi connectivity index (χ2v) is 13.2. The van der Waals surface area contributed by atoms with E-state index in [9.17, 15) is 17.6 Å². The molecule has 1 N–H and O–H groups in total. The van der Waals surface area contributed by atoms with Gasteiger partial charge in [0.15, 0.2) is 0 Å². The molecule has 0 fully saturated rings. The van der Waals surface area contributed by atoms with Gasteiger partial charge in [-0.1, -0.05) is 51.0 Å². The SMILES string of the molecule is CCCCC1CC(c2ccc(F)cc2)c2cc(SCC)c(O/C=C/C(=O)O)cc2S(=O)(=O)N1Cc1ccc(OC)cc1. The first-order valence-electron chi connectivity index (χ1n) is 13.9.